The molecule has 0 bridgehead atoms. The van der Waals surface area contributed by atoms with Crippen LogP contribution >= 0.6 is 11.3 Å². The Kier molecular flexibility index (Phi) is 3.08. The summed E-state index contributed by atoms with van der Waals surface area (Å²) in [6.07, 6.45) is 5.41. The molecule has 0 aromatic carbocycles. The fraction of sp³-hybridized carbons (Fsp3) is 0.467. The molecular formula is C15H18N4OS. The van der Waals surface area contributed by atoms with Crippen molar-refractivity contribution < 1.29 is 4.79 Å². The van der Waals surface area contributed by atoms with Gasteiger partial charge in [-0.15, -0.1) is 11.3 Å². The van der Waals surface area contributed by atoms with Gasteiger partial charge in [0.05, 0.1) is 17.9 Å². The Hall–Kier alpha value is -1.66. The number of rotatable bonds is 3. The van der Waals surface area contributed by atoms with Crippen LogP contribution in [0.4, 0.5) is 5.69 Å². The summed E-state index contributed by atoms with van der Waals surface area (Å²) >= 11 is 1.79. The van der Waals surface area contributed by atoms with Crippen LogP contribution in [0.15, 0.2) is 29.9 Å². The van der Waals surface area contributed by atoms with Crippen LogP contribution in [0.1, 0.15) is 17.7 Å². The summed E-state index contributed by atoms with van der Waals surface area (Å²) in [4.78, 5) is 18.2. The number of thiophene rings is 1. The zero-order valence-electron chi connectivity index (χ0n) is 12.0. The summed E-state index contributed by atoms with van der Waals surface area (Å²) < 4.78 is 1.76. The number of amides is 1. The molecule has 0 unspecified atom stereocenters. The van der Waals surface area contributed by atoms with Crippen molar-refractivity contribution in [3.63, 3.8) is 0 Å². The lowest BCUT2D eigenvalue weighted by molar-refractivity contribution is -0.117. The zero-order valence-corrected chi connectivity index (χ0v) is 12.8. The third-order valence-corrected chi connectivity index (χ3v) is 5.38. The summed E-state index contributed by atoms with van der Waals surface area (Å²) in [7, 11) is 1.89. The van der Waals surface area contributed by atoms with Crippen LogP contribution in [0.5, 0.6) is 0 Å². The lowest BCUT2D eigenvalue weighted by Gasteiger charge is -2.24. The number of carbonyl (C=O) groups excluding carboxylic acids is 1. The number of hydrogen-bond donors (Lipinski definition) is 0. The number of likely N-dealkylation sites (tertiary alicyclic amines) is 1. The van der Waals surface area contributed by atoms with Gasteiger partial charge in [-0.2, -0.15) is 5.10 Å². The minimum Gasteiger partial charge on any atom is -0.305 e. The van der Waals surface area contributed by atoms with E-state index in [4.69, 9.17) is 0 Å². The van der Waals surface area contributed by atoms with Crippen LogP contribution in [0, 0.1) is 0 Å². The largest absolute Gasteiger partial charge is 0.305 e. The summed E-state index contributed by atoms with van der Waals surface area (Å²) in [6, 6.07) is 4.92. The minimum absolute atomic E-state index is 0.230. The van der Waals surface area contributed by atoms with Crippen LogP contribution < -0.4 is 4.90 Å². The summed E-state index contributed by atoms with van der Waals surface area (Å²) in [5, 5.41) is 6.32. The van der Waals surface area contributed by atoms with E-state index >= 15 is 0 Å². The zero-order chi connectivity index (χ0) is 14.4. The molecule has 0 spiro atoms. The SMILES string of the molecule is Cn1cc(N2C(=O)C[C@H]3[C@@H]2CCN3Cc2cccs2)cn1. The molecule has 2 aromatic rings. The first-order valence-corrected chi connectivity index (χ1v) is 8.17. The minimum atomic E-state index is 0.230. The molecule has 0 aliphatic carbocycles. The van der Waals surface area contributed by atoms with Crippen molar-refractivity contribution in [3.05, 3.63) is 34.8 Å². The van der Waals surface area contributed by atoms with Crippen LogP contribution in [0.3, 0.4) is 0 Å². The Morgan fingerprint density at radius 1 is 1.43 bits per heavy atom. The molecule has 5 nitrogen and oxygen atoms in total. The van der Waals surface area contributed by atoms with Crippen LogP contribution in [0.25, 0.3) is 0 Å². The van der Waals surface area contributed by atoms with Crippen LogP contribution in [-0.4, -0.2) is 39.2 Å². The number of aromatic nitrogens is 2. The number of nitrogens with zero attached hydrogens (tertiary/aromatic N) is 4. The highest BCUT2D eigenvalue weighted by molar-refractivity contribution is 7.09. The van der Waals surface area contributed by atoms with Gasteiger partial charge < -0.3 is 4.90 Å². The van der Waals surface area contributed by atoms with Crippen LogP contribution in [-0.2, 0) is 18.4 Å². The van der Waals surface area contributed by atoms with E-state index in [1.807, 2.05) is 18.1 Å². The third-order valence-electron chi connectivity index (χ3n) is 4.52. The van der Waals surface area contributed by atoms with Crippen molar-refractivity contribution in [1.82, 2.24) is 14.7 Å². The van der Waals surface area contributed by atoms with Crippen molar-refractivity contribution in [2.45, 2.75) is 31.5 Å². The first-order chi connectivity index (χ1) is 10.2. The fourth-order valence-electron chi connectivity index (χ4n) is 3.60. The van der Waals surface area contributed by atoms with Crippen LogP contribution in [0.2, 0.25) is 0 Å². The van der Waals surface area contributed by atoms with E-state index in [1.54, 1.807) is 22.2 Å². The molecule has 21 heavy (non-hydrogen) atoms. The van der Waals surface area contributed by atoms with E-state index in [2.05, 4.69) is 27.5 Å². The number of hydrogen-bond acceptors (Lipinski definition) is 4. The molecule has 1 amide bonds. The highest BCUT2D eigenvalue weighted by Gasteiger charge is 2.47. The molecule has 4 heterocycles. The standard InChI is InChI=1S/C15H18N4OS/c1-17-9-11(8-16-17)19-13-4-5-18(14(13)7-15(19)20)10-12-3-2-6-21-12/h2-3,6,8-9,13-14H,4-5,7,10H2,1H3/t13-,14-/m0/s1. The lowest BCUT2D eigenvalue weighted by Crippen LogP contribution is -2.36. The van der Waals surface area contributed by atoms with E-state index < -0.39 is 0 Å². The average molecular weight is 302 g/mol. The Labute approximate surface area is 127 Å². The van der Waals surface area contributed by atoms with Gasteiger partial charge in [0, 0.05) is 43.7 Å². The van der Waals surface area contributed by atoms with Gasteiger partial charge >= 0.3 is 0 Å². The average Bonchev–Trinajstić information content (AvgIpc) is 3.18. The highest BCUT2D eigenvalue weighted by atomic mass is 32.1. The first kappa shape index (κ1) is 13.0. The van der Waals surface area contributed by atoms with E-state index in [1.165, 1.54) is 4.88 Å². The third kappa shape index (κ3) is 2.18. The van der Waals surface area contributed by atoms with E-state index in [0.29, 0.717) is 18.5 Å². The van der Waals surface area contributed by atoms with Crippen molar-refractivity contribution >= 4 is 22.9 Å². The Morgan fingerprint density at radius 3 is 3.05 bits per heavy atom. The summed E-state index contributed by atoms with van der Waals surface area (Å²) in [6.45, 7) is 2.03. The van der Waals surface area contributed by atoms with E-state index in [9.17, 15) is 4.79 Å². The summed E-state index contributed by atoms with van der Waals surface area (Å²) in [5.74, 6) is 0.230. The molecule has 0 N–H and O–H groups in total. The van der Waals surface area contributed by atoms with Gasteiger partial charge in [-0.3, -0.25) is 14.4 Å². The molecule has 2 aliphatic heterocycles. The van der Waals surface area contributed by atoms with E-state index in [-0.39, 0.29) is 5.91 Å². The molecule has 2 aromatic heterocycles. The molecule has 0 radical (unpaired) electrons. The predicted octanol–water partition coefficient (Wildman–Crippen LogP) is 1.86. The van der Waals surface area contributed by atoms with Gasteiger partial charge in [0.1, 0.15) is 0 Å². The Morgan fingerprint density at radius 2 is 2.33 bits per heavy atom. The molecule has 110 valence electrons. The topological polar surface area (TPSA) is 41.4 Å². The predicted molar refractivity (Wildman–Crippen MR) is 82.2 cm³/mol. The summed E-state index contributed by atoms with van der Waals surface area (Å²) in [5.41, 5.74) is 0.938. The van der Waals surface area contributed by atoms with Gasteiger partial charge in [-0.25, -0.2) is 0 Å². The molecule has 0 saturated carbocycles. The second-order valence-electron chi connectivity index (χ2n) is 5.81. The van der Waals surface area contributed by atoms with Crippen molar-refractivity contribution in [1.29, 1.82) is 0 Å². The molecule has 6 heteroatoms. The molecule has 2 atom stereocenters. The number of carbonyl (C=O) groups is 1. The van der Waals surface area contributed by atoms with Gasteiger partial charge in [0.15, 0.2) is 0 Å². The van der Waals surface area contributed by atoms with Gasteiger partial charge in [0.25, 0.3) is 0 Å². The maximum Gasteiger partial charge on any atom is 0.229 e. The molecule has 4 rings (SSSR count). The molecule has 2 fully saturated rings. The number of fused-ring (bicyclic) bond motifs is 1. The fourth-order valence-corrected chi connectivity index (χ4v) is 4.32. The maximum absolute atomic E-state index is 12.4. The quantitative estimate of drug-likeness (QED) is 0.869. The van der Waals surface area contributed by atoms with Crippen molar-refractivity contribution in [2.24, 2.45) is 7.05 Å². The molecular weight excluding hydrogens is 284 g/mol. The number of anilines is 1. The molecule has 2 aliphatic rings. The maximum atomic E-state index is 12.4. The van der Waals surface area contributed by atoms with Crippen molar-refractivity contribution in [2.75, 3.05) is 11.4 Å². The van der Waals surface area contributed by atoms with E-state index in [0.717, 1.165) is 25.2 Å². The first-order valence-electron chi connectivity index (χ1n) is 7.29. The van der Waals surface area contributed by atoms with Gasteiger partial charge in [0.2, 0.25) is 5.91 Å². The van der Waals surface area contributed by atoms with Gasteiger partial charge in [-0.05, 0) is 17.9 Å². The van der Waals surface area contributed by atoms with Crippen molar-refractivity contribution in [3.8, 4) is 0 Å². The normalized spacial score (nSPS) is 25.8. The smallest absolute Gasteiger partial charge is 0.229 e. The monoisotopic (exact) mass is 302 g/mol. The number of aryl methyl sites for hydroxylation is 1. The molecule has 2 saturated heterocycles. The second kappa shape index (κ2) is 4.96. The Balaban J connectivity index is 1.55. The Bertz CT molecular complexity index is 650. The highest BCUT2D eigenvalue weighted by Crippen LogP contribution is 2.36. The lowest BCUT2D eigenvalue weighted by atomic mass is 10.1. The second-order valence-corrected chi connectivity index (χ2v) is 6.85. The van der Waals surface area contributed by atoms with Gasteiger partial charge in [-0.1, -0.05) is 6.07 Å².